The van der Waals surface area contributed by atoms with Crippen molar-refractivity contribution in [3.8, 4) is 6.07 Å². The zero-order chi connectivity index (χ0) is 15.6. The average Bonchev–Trinajstić information content (AvgIpc) is 2.41. The van der Waals surface area contributed by atoms with Crippen LogP contribution in [0.1, 0.15) is 5.56 Å². The van der Waals surface area contributed by atoms with E-state index in [0.29, 0.717) is 22.6 Å². The predicted molar refractivity (Wildman–Crippen MR) is 86.1 cm³/mol. The first-order valence-corrected chi connectivity index (χ1v) is 8.56. The van der Waals surface area contributed by atoms with Crippen LogP contribution in [0.5, 0.6) is 0 Å². The zero-order valence-corrected chi connectivity index (χ0v) is 13.5. The molecule has 0 aliphatic heterocycles. The lowest BCUT2D eigenvalue weighted by atomic mass is 10.2. The number of halogens is 1. The monoisotopic (exact) mass is 365 g/mol. The Kier molecular flexibility index (Phi) is 4.21. The molecule has 0 bridgehead atoms. The van der Waals surface area contributed by atoms with Gasteiger partial charge < -0.3 is 11.1 Å². The highest BCUT2D eigenvalue weighted by molar-refractivity contribution is 9.10. The van der Waals surface area contributed by atoms with Gasteiger partial charge in [-0.05, 0) is 36.4 Å². The quantitative estimate of drug-likeness (QED) is 0.814. The van der Waals surface area contributed by atoms with Crippen LogP contribution < -0.4 is 11.1 Å². The molecular formula is C14H12BrN3O2S. The standard InChI is InChI=1S/C14H12BrN3O2S/c1-21(19,20)11-3-5-14(12(17)7-11)18-13-4-2-10(15)6-9(13)8-16/h2-7,18H,17H2,1H3. The Morgan fingerprint density at radius 3 is 2.43 bits per heavy atom. The average molecular weight is 366 g/mol. The van der Waals surface area contributed by atoms with Crippen molar-refractivity contribution in [2.45, 2.75) is 4.90 Å². The molecule has 108 valence electrons. The number of sulfone groups is 1. The highest BCUT2D eigenvalue weighted by atomic mass is 79.9. The van der Waals surface area contributed by atoms with Crippen molar-refractivity contribution >= 4 is 42.8 Å². The molecule has 2 aromatic rings. The van der Waals surface area contributed by atoms with Crippen molar-refractivity contribution in [1.29, 1.82) is 5.26 Å². The molecule has 0 radical (unpaired) electrons. The van der Waals surface area contributed by atoms with E-state index >= 15 is 0 Å². The molecular weight excluding hydrogens is 354 g/mol. The smallest absolute Gasteiger partial charge is 0.175 e. The lowest BCUT2D eigenvalue weighted by molar-refractivity contribution is 0.602. The van der Waals surface area contributed by atoms with Crippen LogP contribution in [0.2, 0.25) is 0 Å². The molecule has 0 heterocycles. The number of nitrogens with zero attached hydrogens (tertiary/aromatic N) is 1. The van der Waals surface area contributed by atoms with Gasteiger partial charge in [-0.25, -0.2) is 8.42 Å². The number of nitrogen functional groups attached to an aromatic ring is 1. The van der Waals surface area contributed by atoms with Crippen molar-refractivity contribution in [3.05, 3.63) is 46.4 Å². The molecule has 0 saturated carbocycles. The van der Waals surface area contributed by atoms with Crippen LogP contribution in [-0.4, -0.2) is 14.7 Å². The third-order valence-corrected chi connectivity index (χ3v) is 4.43. The molecule has 0 atom stereocenters. The first-order valence-electron chi connectivity index (χ1n) is 5.87. The van der Waals surface area contributed by atoms with Crippen LogP contribution in [0, 0.1) is 11.3 Å². The van der Waals surface area contributed by atoms with E-state index in [1.165, 1.54) is 12.1 Å². The van der Waals surface area contributed by atoms with Crippen LogP contribution in [-0.2, 0) is 9.84 Å². The summed E-state index contributed by atoms with van der Waals surface area (Å²) in [5.74, 6) is 0. The van der Waals surface area contributed by atoms with Gasteiger partial charge in [0.25, 0.3) is 0 Å². The molecule has 7 heteroatoms. The normalized spacial score (nSPS) is 10.9. The largest absolute Gasteiger partial charge is 0.397 e. The van der Waals surface area contributed by atoms with Crippen LogP contribution in [0.3, 0.4) is 0 Å². The fourth-order valence-corrected chi connectivity index (χ4v) is 2.77. The fraction of sp³-hybridized carbons (Fsp3) is 0.0714. The van der Waals surface area contributed by atoms with E-state index in [4.69, 9.17) is 11.0 Å². The summed E-state index contributed by atoms with van der Waals surface area (Å²) in [7, 11) is -3.30. The lowest BCUT2D eigenvalue weighted by Crippen LogP contribution is -2.02. The van der Waals surface area contributed by atoms with Crippen LogP contribution in [0.25, 0.3) is 0 Å². The van der Waals surface area contributed by atoms with Crippen molar-refractivity contribution in [3.63, 3.8) is 0 Å². The summed E-state index contributed by atoms with van der Waals surface area (Å²) in [4.78, 5) is 0.155. The van der Waals surface area contributed by atoms with Gasteiger partial charge in [-0.2, -0.15) is 5.26 Å². The van der Waals surface area contributed by atoms with Crippen molar-refractivity contribution < 1.29 is 8.42 Å². The molecule has 0 spiro atoms. The topological polar surface area (TPSA) is 96.0 Å². The molecule has 0 saturated heterocycles. The van der Waals surface area contributed by atoms with Gasteiger partial charge in [0, 0.05) is 10.7 Å². The predicted octanol–water partition coefficient (Wildman–Crippen LogP) is 3.05. The Hall–Kier alpha value is -2.04. The summed E-state index contributed by atoms with van der Waals surface area (Å²) in [6, 6.07) is 11.7. The highest BCUT2D eigenvalue weighted by Gasteiger charge is 2.11. The maximum atomic E-state index is 11.5. The summed E-state index contributed by atoms with van der Waals surface area (Å²) >= 11 is 3.30. The molecule has 21 heavy (non-hydrogen) atoms. The van der Waals surface area contributed by atoms with E-state index in [0.717, 1.165) is 10.7 Å². The highest BCUT2D eigenvalue weighted by Crippen LogP contribution is 2.28. The summed E-state index contributed by atoms with van der Waals surface area (Å²) in [6.07, 6.45) is 1.12. The number of nitrogens with one attached hydrogen (secondary N) is 1. The van der Waals surface area contributed by atoms with Gasteiger partial charge in [0.05, 0.1) is 27.5 Å². The molecule has 0 aliphatic carbocycles. The Morgan fingerprint density at radius 2 is 1.86 bits per heavy atom. The van der Waals surface area contributed by atoms with Gasteiger partial charge in [-0.15, -0.1) is 0 Å². The van der Waals surface area contributed by atoms with Crippen molar-refractivity contribution in [2.75, 3.05) is 17.3 Å². The number of nitrogens with two attached hydrogens (primary N) is 1. The van der Waals surface area contributed by atoms with E-state index < -0.39 is 9.84 Å². The minimum Gasteiger partial charge on any atom is -0.397 e. The van der Waals surface area contributed by atoms with Crippen LogP contribution in [0.4, 0.5) is 17.1 Å². The maximum absolute atomic E-state index is 11.5. The SMILES string of the molecule is CS(=O)(=O)c1ccc(Nc2ccc(Br)cc2C#N)c(N)c1. The number of benzene rings is 2. The maximum Gasteiger partial charge on any atom is 0.175 e. The molecule has 2 aromatic carbocycles. The lowest BCUT2D eigenvalue weighted by Gasteiger charge is -2.12. The Balaban J connectivity index is 2.40. The minimum absolute atomic E-state index is 0.155. The Morgan fingerprint density at radius 1 is 1.19 bits per heavy atom. The number of rotatable bonds is 3. The molecule has 2 rings (SSSR count). The van der Waals surface area contributed by atoms with Crippen molar-refractivity contribution in [1.82, 2.24) is 0 Å². The second kappa shape index (κ2) is 5.76. The first-order chi connectivity index (χ1) is 9.81. The van der Waals surface area contributed by atoms with Gasteiger partial charge in [0.15, 0.2) is 9.84 Å². The van der Waals surface area contributed by atoms with Gasteiger partial charge in [-0.3, -0.25) is 0 Å². The van der Waals surface area contributed by atoms with Crippen LogP contribution >= 0.6 is 15.9 Å². The number of hydrogen-bond donors (Lipinski definition) is 2. The molecule has 0 fully saturated rings. The van der Waals surface area contributed by atoms with Gasteiger partial charge in [0.1, 0.15) is 6.07 Å². The fourth-order valence-electron chi connectivity index (χ4n) is 1.75. The van der Waals surface area contributed by atoms with E-state index in [-0.39, 0.29) is 4.90 Å². The summed E-state index contributed by atoms with van der Waals surface area (Å²) in [5.41, 5.74) is 7.76. The van der Waals surface area contributed by atoms with Crippen LogP contribution in [0.15, 0.2) is 45.8 Å². The summed E-state index contributed by atoms with van der Waals surface area (Å²) < 4.78 is 23.7. The number of hydrogen-bond acceptors (Lipinski definition) is 5. The van der Waals surface area contributed by atoms with Gasteiger partial charge in [0.2, 0.25) is 0 Å². The van der Waals surface area contributed by atoms with Gasteiger partial charge >= 0.3 is 0 Å². The molecule has 0 aliphatic rings. The van der Waals surface area contributed by atoms with Gasteiger partial charge in [-0.1, -0.05) is 15.9 Å². The third-order valence-electron chi connectivity index (χ3n) is 2.82. The number of nitriles is 1. The van der Waals surface area contributed by atoms with E-state index in [2.05, 4.69) is 27.3 Å². The molecule has 0 amide bonds. The minimum atomic E-state index is -3.30. The number of anilines is 3. The third kappa shape index (κ3) is 3.54. The molecule has 0 aromatic heterocycles. The Bertz CT molecular complexity index is 842. The first kappa shape index (κ1) is 15.4. The molecule has 5 nitrogen and oxygen atoms in total. The second-order valence-corrected chi connectivity index (χ2v) is 7.38. The van der Waals surface area contributed by atoms with E-state index in [9.17, 15) is 8.42 Å². The molecule has 0 unspecified atom stereocenters. The molecule has 3 N–H and O–H groups in total. The van der Waals surface area contributed by atoms with Crippen molar-refractivity contribution in [2.24, 2.45) is 0 Å². The van der Waals surface area contributed by atoms with E-state index in [1.807, 2.05) is 0 Å². The second-order valence-electron chi connectivity index (χ2n) is 4.45. The zero-order valence-electron chi connectivity index (χ0n) is 11.1. The summed E-state index contributed by atoms with van der Waals surface area (Å²) in [5, 5.41) is 12.2. The Labute approximate surface area is 131 Å². The van der Waals surface area contributed by atoms with E-state index in [1.54, 1.807) is 24.3 Å². The summed E-state index contributed by atoms with van der Waals surface area (Å²) in [6.45, 7) is 0.